The van der Waals surface area contributed by atoms with Crippen molar-refractivity contribution in [2.45, 2.75) is 25.7 Å². The van der Waals surface area contributed by atoms with Crippen LogP contribution in [0.2, 0.25) is 0 Å². The van der Waals surface area contributed by atoms with Crippen LogP contribution in [0.3, 0.4) is 0 Å². The third kappa shape index (κ3) is 3.20. The first-order valence-electron chi connectivity index (χ1n) is 5.27. The molecule has 1 rings (SSSR count). The van der Waals surface area contributed by atoms with Crippen molar-refractivity contribution in [1.29, 1.82) is 5.26 Å². The summed E-state index contributed by atoms with van der Waals surface area (Å²) in [5.74, 6) is -0.406. The van der Waals surface area contributed by atoms with Crippen LogP contribution in [0.4, 0.5) is 0 Å². The van der Waals surface area contributed by atoms with Gasteiger partial charge in [0.1, 0.15) is 15.3 Å². The lowest BCUT2D eigenvalue weighted by atomic mass is 9.87. The van der Waals surface area contributed by atoms with Crippen molar-refractivity contribution < 1.29 is 13.2 Å². The van der Waals surface area contributed by atoms with Crippen molar-refractivity contribution >= 4 is 15.7 Å². The average Bonchev–Trinajstić information content (AvgIpc) is 2.65. The molecule has 0 saturated heterocycles. The Hall–Kier alpha value is -1.09. The number of hydrogen-bond acceptors (Lipinski definition) is 4. The first-order chi connectivity index (χ1) is 7.40. The van der Waals surface area contributed by atoms with Gasteiger partial charge in [-0.15, -0.1) is 0 Å². The molecule has 0 unspecified atom stereocenters. The molecular formula is C10H16N2O3S. The molecule has 0 bridgehead atoms. The molecule has 0 spiro atoms. The van der Waals surface area contributed by atoms with Gasteiger partial charge < -0.3 is 5.32 Å². The first-order valence-corrected chi connectivity index (χ1v) is 7.33. The highest BCUT2D eigenvalue weighted by atomic mass is 32.2. The zero-order chi connectivity index (χ0) is 12.2. The van der Waals surface area contributed by atoms with Crippen LogP contribution in [-0.2, 0) is 14.6 Å². The number of rotatable bonds is 4. The Morgan fingerprint density at radius 1 is 1.44 bits per heavy atom. The minimum absolute atomic E-state index is 0.0831. The fourth-order valence-corrected chi connectivity index (χ4v) is 2.36. The predicted octanol–water partition coefficient (Wildman–Crippen LogP) is 0.231. The van der Waals surface area contributed by atoms with E-state index in [-0.39, 0.29) is 18.2 Å². The van der Waals surface area contributed by atoms with Gasteiger partial charge in [0, 0.05) is 12.8 Å². The smallest absolute Gasteiger partial charge is 0.240 e. The molecule has 1 amide bonds. The molecule has 5 nitrogen and oxygen atoms in total. The number of nitrogens with zero attached hydrogens (tertiary/aromatic N) is 1. The van der Waals surface area contributed by atoms with E-state index in [1.807, 2.05) is 0 Å². The molecule has 90 valence electrons. The van der Waals surface area contributed by atoms with Crippen molar-refractivity contribution in [2.24, 2.45) is 5.41 Å². The maximum atomic E-state index is 11.8. The Balaban J connectivity index is 2.49. The van der Waals surface area contributed by atoms with Gasteiger partial charge in [0.2, 0.25) is 5.91 Å². The van der Waals surface area contributed by atoms with Gasteiger partial charge in [-0.05, 0) is 12.8 Å². The van der Waals surface area contributed by atoms with E-state index in [1.165, 1.54) is 0 Å². The van der Waals surface area contributed by atoms with Crippen LogP contribution in [-0.4, -0.2) is 32.9 Å². The Kier molecular flexibility index (Phi) is 3.92. The molecular weight excluding hydrogens is 228 g/mol. The van der Waals surface area contributed by atoms with Crippen LogP contribution in [0.15, 0.2) is 0 Å². The van der Waals surface area contributed by atoms with Crippen LogP contribution >= 0.6 is 0 Å². The van der Waals surface area contributed by atoms with E-state index in [0.29, 0.717) is 12.8 Å². The molecule has 16 heavy (non-hydrogen) atoms. The molecule has 6 heteroatoms. The van der Waals surface area contributed by atoms with Crippen molar-refractivity contribution in [3.8, 4) is 6.07 Å². The summed E-state index contributed by atoms with van der Waals surface area (Å²) in [6, 6.07) is 2.06. The zero-order valence-electron chi connectivity index (χ0n) is 9.32. The summed E-state index contributed by atoms with van der Waals surface area (Å²) in [6.07, 6.45) is 4.04. The first kappa shape index (κ1) is 13.0. The molecule has 1 saturated carbocycles. The van der Waals surface area contributed by atoms with Crippen molar-refractivity contribution in [3.63, 3.8) is 0 Å². The number of amides is 1. The van der Waals surface area contributed by atoms with Crippen LogP contribution < -0.4 is 5.32 Å². The molecule has 0 aromatic carbocycles. The summed E-state index contributed by atoms with van der Waals surface area (Å²) >= 11 is 0. The quantitative estimate of drug-likeness (QED) is 0.767. The van der Waals surface area contributed by atoms with Gasteiger partial charge in [-0.2, -0.15) is 5.26 Å². The fourth-order valence-electron chi connectivity index (χ4n) is 1.89. The summed E-state index contributed by atoms with van der Waals surface area (Å²) in [4.78, 5) is 11.8. The molecule has 1 aliphatic rings. The van der Waals surface area contributed by atoms with Gasteiger partial charge in [0.05, 0.1) is 11.8 Å². The van der Waals surface area contributed by atoms with Gasteiger partial charge in [-0.1, -0.05) is 12.8 Å². The highest BCUT2D eigenvalue weighted by molar-refractivity contribution is 7.90. The maximum absolute atomic E-state index is 11.8. The standard InChI is InChI=1S/C10H16N2O3S/c1-16(14,15)7-6-12-9(13)10(8-11)4-2-3-5-10/h2-7H2,1H3,(H,12,13). The van der Waals surface area contributed by atoms with E-state index in [9.17, 15) is 13.2 Å². The van der Waals surface area contributed by atoms with Gasteiger partial charge in [-0.25, -0.2) is 8.42 Å². The Morgan fingerprint density at radius 3 is 2.44 bits per heavy atom. The number of carbonyl (C=O) groups is 1. The lowest BCUT2D eigenvalue weighted by Gasteiger charge is -2.18. The van der Waals surface area contributed by atoms with Crippen molar-refractivity contribution in [1.82, 2.24) is 5.32 Å². The maximum Gasteiger partial charge on any atom is 0.240 e. The van der Waals surface area contributed by atoms with Crippen molar-refractivity contribution in [3.05, 3.63) is 0 Å². The van der Waals surface area contributed by atoms with E-state index < -0.39 is 15.3 Å². The third-order valence-corrected chi connectivity index (χ3v) is 3.81. The van der Waals surface area contributed by atoms with E-state index in [4.69, 9.17) is 5.26 Å². The van der Waals surface area contributed by atoms with Gasteiger partial charge in [0.15, 0.2) is 0 Å². The van der Waals surface area contributed by atoms with E-state index in [1.54, 1.807) is 0 Å². The predicted molar refractivity (Wildman–Crippen MR) is 59.2 cm³/mol. The molecule has 0 radical (unpaired) electrons. The third-order valence-electron chi connectivity index (χ3n) is 2.86. The second-order valence-electron chi connectivity index (χ2n) is 4.29. The number of carbonyl (C=O) groups excluding carboxylic acids is 1. The molecule has 0 aromatic rings. The number of hydrogen-bond donors (Lipinski definition) is 1. The summed E-state index contributed by atoms with van der Waals surface area (Å²) < 4.78 is 21.7. The molecule has 1 N–H and O–H groups in total. The zero-order valence-corrected chi connectivity index (χ0v) is 10.1. The average molecular weight is 244 g/mol. The Morgan fingerprint density at radius 2 is 2.00 bits per heavy atom. The second kappa shape index (κ2) is 4.83. The van der Waals surface area contributed by atoms with Crippen LogP contribution in [0, 0.1) is 16.7 Å². The number of sulfone groups is 1. The summed E-state index contributed by atoms with van der Waals surface area (Å²) in [5, 5.41) is 11.5. The summed E-state index contributed by atoms with van der Waals surface area (Å²) in [7, 11) is -3.07. The fraction of sp³-hybridized carbons (Fsp3) is 0.800. The Labute approximate surface area is 95.7 Å². The SMILES string of the molecule is CS(=O)(=O)CCNC(=O)C1(C#N)CCCC1. The van der Waals surface area contributed by atoms with Gasteiger partial charge >= 0.3 is 0 Å². The van der Waals surface area contributed by atoms with Gasteiger partial charge in [-0.3, -0.25) is 4.79 Å². The highest BCUT2D eigenvalue weighted by Gasteiger charge is 2.41. The normalized spacial score (nSPS) is 19.0. The highest BCUT2D eigenvalue weighted by Crippen LogP contribution is 2.37. The lowest BCUT2D eigenvalue weighted by Crippen LogP contribution is -2.40. The molecule has 1 aliphatic carbocycles. The molecule has 0 atom stereocenters. The lowest BCUT2D eigenvalue weighted by molar-refractivity contribution is -0.127. The largest absolute Gasteiger partial charge is 0.354 e. The van der Waals surface area contributed by atoms with Gasteiger partial charge in [0.25, 0.3) is 0 Å². The molecule has 0 aliphatic heterocycles. The van der Waals surface area contributed by atoms with E-state index in [2.05, 4.69) is 11.4 Å². The molecule has 1 fully saturated rings. The number of nitriles is 1. The minimum Gasteiger partial charge on any atom is -0.354 e. The Bertz CT molecular complexity index is 402. The monoisotopic (exact) mass is 244 g/mol. The second-order valence-corrected chi connectivity index (χ2v) is 6.55. The topological polar surface area (TPSA) is 87.0 Å². The molecule has 0 heterocycles. The van der Waals surface area contributed by atoms with E-state index >= 15 is 0 Å². The van der Waals surface area contributed by atoms with Crippen LogP contribution in [0.1, 0.15) is 25.7 Å². The summed E-state index contributed by atoms with van der Waals surface area (Å²) in [5.41, 5.74) is -0.919. The van der Waals surface area contributed by atoms with Crippen molar-refractivity contribution in [2.75, 3.05) is 18.6 Å². The number of nitrogens with one attached hydrogen (secondary N) is 1. The van der Waals surface area contributed by atoms with Crippen LogP contribution in [0.5, 0.6) is 0 Å². The molecule has 0 aromatic heterocycles. The van der Waals surface area contributed by atoms with E-state index in [0.717, 1.165) is 19.1 Å². The van der Waals surface area contributed by atoms with Crippen LogP contribution in [0.25, 0.3) is 0 Å². The summed E-state index contributed by atoms with van der Waals surface area (Å²) in [6.45, 7) is 0.0844. The minimum atomic E-state index is -3.07.